The predicted octanol–water partition coefficient (Wildman–Crippen LogP) is 5.04. The second kappa shape index (κ2) is 13.8. The van der Waals surface area contributed by atoms with E-state index in [9.17, 15) is 14.4 Å². The monoisotopic (exact) mass is 679 g/mol. The fraction of sp³-hybridized carbons (Fsp3) is 0.475. The lowest BCUT2D eigenvalue weighted by atomic mass is 9.81. The molecule has 3 aliphatic heterocycles. The molecule has 2 unspecified atom stereocenters. The van der Waals surface area contributed by atoms with Crippen LogP contribution in [0, 0.1) is 5.92 Å². The van der Waals surface area contributed by atoms with Crippen LogP contribution in [0.2, 0.25) is 5.04 Å². The normalized spacial score (nSPS) is 24.7. The van der Waals surface area contributed by atoms with E-state index in [0.717, 1.165) is 43.7 Å². The molecule has 0 radical (unpaired) electrons. The molecule has 1 N–H and O–H groups in total. The maximum Gasteiger partial charge on any atom is 0.261 e. The molecule has 1 aliphatic carbocycles. The van der Waals surface area contributed by atoms with Gasteiger partial charge in [-0.3, -0.25) is 24.6 Å². The number of ether oxygens (including phenoxy) is 1. The second-order valence-electron chi connectivity index (χ2n) is 15.4. The Morgan fingerprint density at radius 1 is 0.878 bits per heavy atom. The van der Waals surface area contributed by atoms with Gasteiger partial charge < -0.3 is 14.1 Å². The van der Waals surface area contributed by atoms with E-state index >= 15 is 0 Å². The van der Waals surface area contributed by atoms with Crippen molar-refractivity contribution in [2.24, 2.45) is 5.92 Å². The summed E-state index contributed by atoms with van der Waals surface area (Å²) in [5.41, 5.74) is 1.48. The maximum atomic E-state index is 13.1. The fourth-order valence-corrected chi connectivity index (χ4v) is 13.2. The van der Waals surface area contributed by atoms with Crippen LogP contribution < -0.4 is 20.4 Å². The molecule has 0 bridgehead atoms. The summed E-state index contributed by atoms with van der Waals surface area (Å²) in [6.07, 6.45) is 6.55. The van der Waals surface area contributed by atoms with Crippen molar-refractivity contribution in [1.29, 1.82) is 0 Å². The first-order valence-electron chi connectivity index (χ1n) is 18.1. The van der Waals surface area contributed by atoms with E-state index in [1.807, 2.05) is 18.2 Å². The molecule has 4 aliphatic rings. The van der Waals surface area contributed by atoms with Gasteiger partial charge in [-0.25, -0.2) is 0 Å². The Kier molecular flexibility index (Phi) is 9.52. The third-order valence-electron chi connectivity index (χ3n) is 11.1. The van der Waals surface area contributed by atoms with Gasteiger partial charge in [-0.05, 0) is 83.7 Å². The number of amides is 3. The van der Waals surface area contributed by atoms with Crippen molar-refractivity contribution in [3.05, 3.63) is 90.0 Å². The van der Waals surface area contributed by atoms with Crippen molar-refractivity contribution >= 4 is 36.4 Å². The number of carbonyl (C=O) groups is 3. The minimum atomic E-state index is -2.55. The highest BCUT2D eigenvalue weighted by Gasteiger charge is 2.53. The predicted molar refractivity (Wildman–Crippen MR) is 192 cm³/mol. The van der Waals surface area contributed by atoms with Crippen LogP contribution in [0.15, 0.2) is 78.9 Å². The summed E-state index contributed by atoms with van der Waals surface area (Å²) >= 11 is 0. The third kappa shape index (κ3) is 6.73. The number of likely N-dealkylation sites (tertiary alicyclic amines) is 1. The Morgan fingerprint density at radius 3 is 2.22 bits per heavy atom. The molecule has 3 aromatic carbocycles. The van der Waals surface area contributed by atoms with Gasteiger partial charge in [0.25, 0.3) is 14.2 Å². The van der Waals surface area contributed by atoms with E-state index in [0.29, 0.717) is 37.1 Å². The number of imide groups is 1. The van der Waals surface area contributed by atoms with Crippen molar-refractivity contribution in [2.45, 2.75) is 95.5 Å². The van der Waals surface area contributed by atoms with E-state index in [2.05, 4.69) is 91.7 Å². The average molecular weight is 680 g/mol. The molecule has 8 nitrogen and oxygen atoms in total. The second-order valence-corrected chi connectivity index (χ2v) is 19.7. The molecular weight excluding hydrogens is 631 g/mol. The SMILES string of the molecule is CC(C)(C)[Si](OC1CC(CN2CCCCC2COc2ccc3c(c2)CN(C2CCC(=O)NC2=O)C3=O)C1)(c1ccccc1)c1ccccc1. The first-order chi connectivity index (χ1) is 23.6. The third-order valence-corrected chi connectivity index (χ3v) is 16.2. The number of fused-ring (bicyclic) bond motifs is 1. The highest BCUT2D eigenvalue weighted by atomic mass is 28.4. The number of rotatable bonds is 10. The van der Waals surface area contributed by atoms with Gasteiger partial charge in [0, 0.05) is 37.2 Å². The van der Waals surface area contributed by atoms with Crippen molar-refractivity contribution < 1.29 is 23.5 Å². The van der Waals surface area contributed by atoms with Gasteiger partial charge in [-0.1, -0.05) is 87.9 Å². The number of hydrogen-bond donors (Lipinski definition) is 1. The number of nitrogens with one attached hydrogen (secondary N) is 1. The van der Waals surface area contributed by atoms with Crippen LogP contribution in [0.3, 0.4) is 0 Å². The topological polar surface area (TPSA) is 88.2 Å². The summed E-state index contributed by atoms with van der Waals surface area (Å²) in [6, 6.07) is 27.2. The van der Waals surface area contributed by atoms with Crippen molar-refractivity contribution in [2.75, 3.05) is 19.7 Å². The van der Waals surface area contributed by atoms with Gasteiger partial charge in [-0.2, -0.15) is 0 Å². The van der Waals surface area contributed by atoms with Crippen LogP contribution in [0.1, 0.15) is 81.6 Å². The first-order valence-corrected chi connectivity index (χ1v) is 20.0. The summed E-state index contributed by atoms with van der Waals surface area (Å²) in [7, 11) is -2.55. The molecule has 1 saturated carbocycles. The van der Waals surface area contributed by atoms with Gasteiger partial charge in [0.1, 0.15) is 18.4 Å². The zero-order valence-electron chi connectivity index (χ0n) is 29.0. The van der Waals surface area contributed by atoms with E-state index < -0.39 is 20.3 Å². The molecule has 3 amide bonds. The van der Waals surface area contributed by atoms with Crippen LogP contribution >= 0.6 is 0 Å². The molecule has 0 spiro atoms. The Morgan fingerprint density at radius 2 is 1.57 bits per heavy atom. The Balaban J connectivity index is 0.968. The number of carbonyl (C=O) groups excluding carboxylic acids is 3. The Bertz CT molecular complexity index is 1630. The molecular formula is C40H49N3O5Si. The molecule has 0 aromatic heterocycles. The minimum absolute atomic E-state index is 0.0236. The maximum absolute atomic E-state index is 13.1. The zero-order valence-corrected chi connectivity index (χ0v) is 30.0. The quantitative estimate of drug-likeness (QED) is 0.239. The summed E-state index contributed by atoms with van der Waals surface area (Å²) in [5, 5.41) is 5.02. The van der Waals surface area contributed by atoms with E-state index in [1.54, 1.807) is 4.90 Å². The molecule has 258 valence electrons. The lowest BCUT2D eigenvalue weighted by Crippen LogP contribution is -2.68. The summed E-state index contributed by atoms with van der Waals surface area (Å²) in [4.78, 5) is 41.4. The van der Waals surface area contributed by atoms with Gasteiger partial charge in [0.2, 0.25) is 11.8 Å². The lowest BCUT2D eigenvalue weighted by molar-refractivity contribution is -0.136. The lowest BCUT2D eigenvalue weighted by Gasteiger charge is -2.49. The summed E-state index contributed by atoms with van der Waals surface area (Å²) in [5.74, 6) is 0.530. The van der Waals surface area contributed by atoms with Gasteiger partial charge in [0.05, 0.1) is 0 Å². The van der Waals surface area contributed by atoms with Crippen LogP contribution in [0.5, 0.6) is 5.75 Å². The molecule has 3 fully saturated rings. The van der Waals surface area contributed by atoms with Crippen molar-refractivity contribution in [1.82, 2.24) is 15.1 Å². The first kappa shape index (κ1) is 33.7. The highest BCUT2D eigenvalue weighted by molar-refractivity contribution is 6.99. The Hall–Kier alpha value is -3.79. The molecule has 9 heteroatoms. The largest absolute Gasteiger partial charge is 0.492 e. The van der Waals surface area contributed by atoms with Gasteiger partial charge in [0.15, 0.2) is 0 Å². The standard InChI is InChI=1S/C40H49N3O5Si/c1-40(2,3)49(33-13-6-4-7-14-33,34-15-8-5-9-16-34)48-32-22-28(23-32)25-42-21-11-10-12-30(42)27-47-31-17-18-35-29(24-31)26-43(39(35)46)36-19-20-37(44)41-38(36)45/h4-9,13-18,24,28,30,32,36H,10-12,19-23,25-27H2,1-3H3,(H,41,44,45). The van der Waals surface area contributed by atoms with Crippen LogP contribution in [-0.4, -0.2) is 73.7 Å². The number of piperidine rings is 2. The van der Waals surface area contributed by atoms with Crippen molar-refractivity contribution in [3.8, 4) is 5.75 Å². The Labute approximate surface area is 291 Å². The van der Waals surface area contributed by atoms with E-state index in [-0.39, 0.29) is 29.4 Å². The fourth-order valence-electron chi connectivity index (χ4n) is 8.51. The number of nitrogens with zero attached hydrogens (tertiary/aromatic N) is 2. The molecule has 49 heavy (non-hydrogen) atoms. The molecule has 3 aromatic rings. The molecule has 2 saturated heterocycles. The summed E-state index contributed by atoms with van der Waals surface area (Å²) < 4.78 is 13.8. The van der Waals surface area contributed by atoms with E-state index in [4.69, 9.17) is 9.16 Å². The van der Waals surface area contributed by atoms with E-state index in [1.165, 1.54) is 23.2 Å². The van der Waals surface area contributed by atoms with Gasteiger partial charge in [-0.15, -0.1) is 0 Å². The molecule has 7 rings (SSSR count). The summed E-state index contributed by atoms with van der Waals surface area (Å²) in [6.45, 7) is 10.2. The number of hydrogen-bond acceptors (Lipinski definition) is 6. The zero-order chi connectivity index (χ0) is 34.2. The van der Waals surface area contributed by atoms with Crippen LogP contribution in [0.25, 0.3) is 0 Å². The average Bonchev–Trinajstić information content (AvgIpc) is 3.40. The molecule has 2 atom stereocenters. The highest BCUT2D eigenvalue weighted by Crippen LogP contribution is 2.42. The van der Waals surface area contributed by atoms with Crippen LogP contribution in [0.4, 0.5) is 0 Å². The smallest absolute Gasteiger partial charge is 0.261 e. The van der Waals surface area contributed by atoms with Crippen LogP contribution in [-0.2, 0) is 20.6 Å². The van der Waals surface area contributed by atoms with Crippen molar-refractivity contribution in [3.63, 3.8) is 0 Å². The molecule has 3 heterocycles. The van der Waals surface area contributed by atoms with Gasteiger partial charge >= 0.3 is 0 Å². The minimum Gasteiger partial charge on any atom is -0.492 e. The number of benzene rings is 3.